The Morgan fingerprint density at radius 2 is 1.40 bits per heavy atom. The second-order valence-electron chi connectivity index (χ2n) is 12.2. The molecule has 0 aromatic rings. The Labute approximate surface area is 157 Å². The van der Waals surface area contributed by atoms with Crippen molar-refractivity contribution in [3.63, 3.8) is 0 Å². The predicted octanol–water partition coefficient (Wildman–Crippen LogP) is 6.87. The van der Waals surface area contributed by atoms with Gasteiger partial charge in [0, 0.05) is 0 Å². The minimum Gasteiger partial charge on any atom is -0.462 e. The molecule has 4 unspecified atom stereocenters. The van der Waals surface area contributed by atoms with Crippen molar-refractivity contribution in [2.75, 3.05) is 0 Å². The summed E-state index contributed by atoms with van der Waals surface area (Å²) in [6, 6.07) is 0. The zero-order chi connectivity index (χ0) is 19.8. The van der Waals surface area contributed by atoms with Crippen molar-refractivity contribution in [3.05, 3.63) is 0 Å². The van der Waals surface area contributed by atoms with E-state index in [1.165, 1.54) is 6.42 Å². The summed E-state index contributed by atoms with van der Waals surface area (Å²) in [4.78, 5) is 13.3. The molecule has 148 valence electrons. The van der Waals surface area contributed by atoms with Gasteiger partial charge in [0.1, 0.15) is 6.10 Å². The summed E-state index contributed by atoms with van der Waals surface area (Å²) in [7, 11) is 0. The van der Waals surface area contributed by atoms with E-state index in [1.807, 2.05) is 0 Å². The maximum absolute atomic E-state index is 13.3. The Bertz CT molecular complexity index is 458. The average molecular weight is 353 g/mol. The van der Waals surface area contributed by atoms with Gasteiger partial charge in [-0.3, -0.25) is 4.79 Å². The molecule has 0 heterocycles. The summed E-state index contributed by atoms with van der Waals surface area (Å²) < 4.78 is 6.19. The van der Waals surface area contributed by atoms with Crippen molar-refractivity contribution in [2.24, 2.45) is 33.5 Å². The first-order valence-corrected chi connectivity index (χ1v) is 10.2. The van der Waals surface area contributed by atoms with Gasteiger partial charge < -0.3 is 4.74 Å². The van der Waals surface area contributed by atoms with Crippen LogP contribution in [0.2, 0.25) is 0 Å². The Kier molecular flexibility index (Phi) is 6.51. The number of ether oxygens (including phenoxy) is 1. The Morgan fingerprint density at radius 1 is 0.880 bits per heavy atom. The molecule has 0 amide bonds. The van der Waals surface area contributed by atoms with Crippen LogP contribution in [-0.2, 0) is 9.53 Å². The predicted molar refractivity (Wildman–Crippen MR) is 107 cm³/mol. The van der Waals surface area contributed by atoms with Crippen LogP contribution in [0.4, 0.5) is 0 Å². The van der Waals surface area contributed by atoms with Crippen molar-refractivity contribution >= 4 is 5.97 Å². The lowest BCUT2D eigenvalue weighted by atomic mass is 9.61. The molecule has 0 aromatic heterocycles. The largest absolute Gasteiger partial charge is 0.462 e. The molecule has 25 heavy (non-hydrogen) atoms. The van der Waals surface area contributed by atoms with Crippen LogP contribution in [0.15, 0.2) is 0 Å². The van der Waals surface area contributed by atoms with E-state index in [2.05, 4.69) is 76.2 Å². The monoisotopic (exact) mass is 352 g/mol. The Hall–Kier alpha value is -0.530. The van der Waals surface area contributed by atoms with E-state index in [1.54, 1.807) is 0 Å². The highest BCUT2D eigenvalue weighted by atomic mass is 16.5. The molecule has 1 aliphatic carbocycles. The number of carbonyl (C=O) groups is 1. The van der Waals surface area contributed by atoms with Gasteiger partial charge >= 0.3 is 5.97 Å². The zero-order valence-electron chi connectivity index (χ0n) is 18.9. The van der Waals surface area contributed by atoms with E-state index in [-0.39, 0.29) is 28.3 Å². The lowest BCUT2D eigenvalue weighted by Gasteiger charge is -2.45. The van der Waals surface area contributed by atoms with Crippen molar-refractivity contribution in [2.45, 2.75) is 108 Å². The molecular weight excluding hydrogens is 308 g/mol. The summed E-state index contributed by atoms with van der Waals surface area (Å²) in [5, 5.41) is 0. The van der Waals surface area contributed by atoms with E-state index in [9.17, 15) is 4.79 Å². The summed E-state index contributed by atoms with van der Waals surface area (Å²) >= 11 is 0. The molecule has 0 aromatic carbocycles. The zero-order valence-corrected chi connectivity index (χ0v) is 18.9. The molecule has 0 spiro atoms. The molecule has 0 saturated heterocycles. The van der Waals surface area contributed by atoms with Gasteiger partial charge in [0.15, 0.2) is 0 Å². The summed E-state index contributed by atoms with van der Waals surface area (Å²) in [5.41, 5.74) is -0.225. The third kappa shape index (κ3) is 6.00. The molecular formula is C23H44O2. The van der Waals surface area contributed by atoms with Gasteiger partial charge in [0.2, 0.25) is 0 Å². The van der Waals surface area contributed by atoms with E-state index in [0.29, 0.717) is 11.8 Å². The average Bonchev–Trinajstić information content (AvgIpc) is 2.33. The molecule has 2 nitrogen and oxygen atoms in total. The quantitative estimate of drug-likeness (QED) is 0.518. The van der Waals surface area contributed by atoms with Crippen molar-refractivity contribution in [1.29, 1.82) is 0 Å². The summed E-state index contributed by atoms with van der Waals surface area (Å²) in [6.45, 7) is 24.5. The first kappa shape index (κ1) is 22.5. The first-order chi connectivity index (χ1) is 11.0. The Morgan fingerprint density at radius 3 is 1.80 bits per heavy atom. The SMILES string of the molecule is CC1CC(OC(=O)C(C)(CC(C)(C)C)C(C)(C)C)CC(C(C)(C)C)C1. The summed E-state index contributed by atoms with van der Waals surface area (Å²) in [5.74, 6) is 1.25. The standard InChI is InChI=1S/C23H44O2/c1-16-12-17(21(5,6)7)14-18(13-16)25-19(24)23(11,22(8,9)10)15-20(2,3)4/h16-18H,12-15H2,1-11H3. The van der Waals surface area contributed by atoms with E-state index in [4.69, 9.17) is 4.74 Å². The smallest absolute Gasteiger partial charge is 0.312 e. The normalized spacial score (nSPS) is 28.4. The van der Waals surface area contributed by atoms with Gasteiger partial charge in [-0.05, 0) is 60.7 Å². The van der Waals surface area contributed by atoms with Crippen LogP contribution in [0.1, 0.15) is 102 Å². The molecule has 4 atom stereocenters. The molecule has 0 aliphatic heterocycles. The maximum Gasteiger partial charge on any atom is 0.312 e. The van der Waals surface area contributed by atoms with Crippen molar-refractivity contribution in [1.82, 2.24) is 0 Å². The highest BCUT2D eigenvalue weighted by molar-refractivity contribution is 5.77. The number of carbonyl (C=O) groups excluding carboxylic acids is 1. The first-order valence-electron chi connectivity index (χ1n) is 10.2. The molecule has 2 heteroatoms. The van der Waals surface area contributed by atoms with Crippen LogP contribution in [0.25, 0.3) is 0 Å². The molecule has 0 N–H and O–H groups in total. The van der Waals surface area contributed by atoms with E-state index < -0.39 is 5.41 Å². The molecule has 0 radical (unpaired) electrons. The molecule has 1 aliphatic rings. The fraction of sp³-hybridized carbons (Fsp3) is 0.957. The molecule has 1 rings (SSSR count). The second-order valence-corrected chi connectivity index (χ2v) is 12.2. The van der Waals surface area contributed by atoms with Crippen LogP contribution in [-0.4, -0.2) is 12.1 Å². The van der Waals surface area contributed by atoms with Crippen LogP contribution in [0, 0.1) is 33.5 Å². The topological polar surface area (TPSA) is 26.3 Å². The van der Waals surface area contributed by atoms with E-state index in [0.717, 1.165) is 19.3 Å². The number of hydrogen-bond donors (Lipinski definition) is 0. The second kappa shape index (κ2) is 7.24. The van der Waals surface area contributed by atoms with Crippen LogP contribution in [0.5, 0.6) is 0 Å². The number of esters is 1. The van der Waals surface area contributed by atoms with Crippen LogP contribution in [0.3, 0.4) is 0 Å². The lowest BCUT2D eigenvalue weighted by Crippen LogP contribution is -2.46. The van der Waals surface area contributed by atoms with Crippen molar-refractivity contribution < 1.29 is 9.53 Å². The van der Waals surface area contributed by atoms with Gasteiger partial charge in [-0.2, -0.15) is 0 Å². The Balaban J connectivity index is 2.96. The van der Waals surface area contributed by atoms with Gasteiger partial charge in [-0.15, -0.1) is 0 Å². The molecule has 1 saturated carbocycles. The third-order valence-corrected chi connectivity index (χ3v) is 6.39. The van der Waals surface area contributed by atoms with Crippen LogP contribution >= 0.6 is 0 Å². The fourth-order valence-corrected chi connectivity index (χ4v) is 4.33. The van der Waals surface area contributed by atoms with Crippen LogP contribution < -0.4 is 0 Å². The van der Waals surface area contributed by atoms with Crippen molar-refractivity contribution in [3.8, 4) is 0 Å². The lowest BCUT2D eigenvalue weighted by molar-refractivity contribution is -0.174. The number of rotatable bonds is 3. The number of hydrogen-bond acceptors (Lipinski definition) is 2. The highest BCUT2D eigenvalue weighted by Crippen LogP contribution is 2.48. The highest BCUT2D eigenvalue weighted by Gasteiger charge is 2.49. The van der Waals surface area contributed by atoms with Gasteiger partial charge in [0.25, 0.3) is 0 Å². The minimum atomic E-state index is -0.469. The maximum atomic E-state index is 13.3. The van der Waals surface area contributed by atoms with Gasteiger partial charge in [0.05, 0.1) is 5.41 Å². The fourth-order valence-electron chi connectivity index (χ4n) is 4.33. The third-order valence-electron chi connectivity index (χ3n) is 6.39. The molecule has 1 fully saturated rings. The van der Waals surface area contributed by atoms with E-state index >= 15 is 0 Å². The van der Waals surface area contributed by atoms with Gasteiger partial charge in [-0.25, -0.2) is 0 Å². The molecule has 0 bridgehead atoms. The minimum absolute atomic E-state index is 0.00156. The van der Waals surface area contributed by atoms with Gasteiger partial charge in [-0.1, -0.05) is 69.2 Å². The summed E-state index contributed by atoms with van der Waals surface area (Å²) in [6.07, 6.45) is 4.18.